The molecule has 4 aliphatic rings. The normalized spacial score (nSPS) is 25.1. The van der Waals surface area contributed by atoms with E-state index in [-0.39, 0.29) is 49.8 Å². The number of hydrogen-bond acceptors (Lipinski definition) is 12. The zero-order valence-corrected chi connectivity index (χ0v) is 41.0. The number of carboxylic acid groups (broad SMARTS) is 1. The number of ether oxygens (including phenoxy) is 2. The van der Waals surface area contributed by atoms with Gasteiger partial charge in [-0.1, -0.05) is 64.0 Å². The fraction of sp³-hybridized carbons (Fsp3) is 0.510. The molecule has 68 heavy (non-hydrogen) atoms. The number of nitrogens with one attached hydrogen (secondary N) is 4. The van der Waals surface area contributed by atoms with Gasteiger partial charge in [0.15, 0.2) is 5.13 Å². The van der Waals surface area contributed by atoms with Crippen LogP contribution in [0.4, 0.5) is 9.93 Å². The Kier molecular flexibility index (Phi) is 14.1. The molecular formula is C49H62N8O9S2. The van der Waals surface area contributed by atoms with Crippen molar-refractivity contribution in [2.24, 2.45) is 11.3 Å². The number of amides is 4. The number of carbonyl (C=O) groups excluding carboxylic acids is 3. The quantitative estimate of drug-likeness (QED) is 0.104. The Morgan fingerprint density at radius 2 is 1.85 bits per heavy atom. The van der Waals surface area contributed by atoms with Gasteiger partial charge in [0.1, 0.15) is 40.9 Å². The first kappa shape index (κ1) is 48.7. The third-order valence-corrected chi connectivity index (χ3v) is 16.1. The molecule has 6 atom stereocenters. The van der Waals surface area contributed by atoms with Crippen LogP contribution in [0.5, 0.6) is 11.5 Å². The number of nitrogens with zero attached hydrogens (tertiary/aromatic N) is 4. The summed E-state index contributed by atoms with van der Waals surface area (Å²) in [7, 11) is -2.27. The molecule has 2 aromatic heterocycles. The van der Waals surface area contributed by atoms with Crippen LogP contribution in [-0.2, 0) is 30.8 Å². The molecule has 19 heteroatoms. The molecule has 0 spiro atoms. The van der Waals surface area contributed by atoms with Gasteiger partial charge in [-0.2, -0.15) is 4.31 Å². The molecule has 364 valence electrons. The lowest BCUT2D eigenvalue weighted by atomic mass is 9.86. The summed E-state index contributed by atoms with van der Waals surface area (Å²) in [4.78, 5) is 67.8. The number of urea groups is 1. The smallest absolute Gasteiger partial charge is 0.330 e. The minimum Gasteiger partial charge on any atom is -0.497 e. The van der Waals surface area contributed by atoms with Crippen LogP contribution in [0.2, 0.25) is 0 Å². The number of hydrogen-bond donors (Lipinski definition) is 5. The van der Waals surface area contributed by atoms with Crippen molar-refractivity contribution in [3.63, 3.8) is 0 Å². The van der Waals surface area contributed by atoms with E-state index >= 15 is 4.79 Å². The Balaban J connectivity index is 1.08. The van der Waals surface area contributed by atoms with Gasteiger partial charge in [0, 0.05) is 60.4 Å². The van der Waals surface area contributed by atoms with E-state index in [9.17, 15) is 27.9 Å². The van der Waals surface area contributed by atoms with Gasteiger partial charge in [-0.05, 0) is 75.1 Å². The number of rotatable bonds is 11. The van der Waals surface area contributed by atoms with E-state index in [4.69, 9.17) is 19.4 Å². The van der Waals surface area contributed by atoms with Gasteiger partial charge in [-0.15, -0.1) is 11.3 Å². The lowest BCUT2D eigenvalue weighted by molar-refractivity contribution is -0.145. The number of pyridine rings is 1. The van der Waals surface area contributed by atoms with Crippen molar-refractivity contribution >= 4 is 61.2 Å². The second-order valence-corrected chi connectivity index (χ2v) is 22.4. The standard InChI is InChI=1S/C49H62N8O9S2/c1-29(2)50-47-53-38(28-67-47)37-24-40(34-19-18-32(65-6)22-36(34)51-37)66-33-23-39-43(58)55-49(45(60)61)25-31(49)15-10-8-7-9-11-16-35(44(59)57(39)26-33)52-46(62)54-42(48(3,4)5)27-56-21-20-30-14-12-13-17-41(30)68(56,63)64/h10,12-15,17-19,22,24,28-29,31,33,35,39,42H,7-9,11,16,20-21,23,25-27H2,1-6H3,(H,50,53)(H,55,58)(H,60,61)(H2,52,54,62)/b15-10-/t31?,33-,35-,39+,42-,49-/m1/s1. The number of aromatic nitrogens is 2. The van der Waals surface area contributed by atoms with E-state index in [0.717, 1.165) is 23.5 Å². The van der Waals surface area contributed by atoms with Crippen molar-refractivity contribution in [2.45, 2.75) is 127 Å². The summed E-state index contributed by atoms with van der Waals surface area (Å²) in [6.45, 7) is 10.0. The number of methoxy groups -OCH3 is 1. The summed E-state index contributed by atoms with van der Waals surface area (Å²) in [5, 5.41) is 25.8. The van der Waals surface area contributed by atoms with Crippen LogP contribution in [0.1, 0.15) is 85.1 Å². The fourth-order valence-corrected chi connectivity index (χ4v) is 11.9. The van der Waals surface area contributed by atoms with Crippen molar-refractivity contribution in [3.8, 4) is 22.9 Å². The van der Waals surface area contributed by atoms with Gasteiger partial charge in [0.25, 0.3) is 0 Å². The maximum absolute atomic E-state index is 15.0. The number of carboxylic acids is 1. The highest BCUT2D eigenvalue weighted by Crippen LogP contribution is 2.46. The van der Waals surface area contributed by atoms with Crippen molar-refractivity contribution in [3.05, 3.63) is 71.6 Å². The highest BCUT2D eigenvalue weighted by molar-refractivity contribution is 7.89. The summed E-state index contributed by atoms with van der Waals surface area (Å²) in [5.74, 6) is -1.68. The minimum absolute atomic E-state index is 0.0100. The zero-order valence-electron chi connectivity index (χ0n) is 39.4. The van der Waals surface area contributed by atoms with Gasteiger partial charge in [-0.25, -0.2) is 28.0 Å². The van der Waals surface area contributed by atoms with Crippen molar-refractivity contribution in [1.29, 1.82) is 0 Å². The van der Waals surface area contributed by atoms with Crippen LogP contribution >= 0.6 is 11.3 Å². The summed E-state index contributed by atoms with van der Waals surface area (Å²) < 4.78 is 41.3. The Morgan fingerprint density at radius 3 is 2.60 bits per heavy atom. The Hall–Kier alpha value is -5.79. The first-order valence-electron chi connectivity index (χ1n) is 23.4. The third kappa shape index (κ3) is 10.4. The number of allylic oxidation sites excluding steroid dienone is 1. The summed E-state index contributed by atoms with van der Waals surface area (Å²) >= 11 is 1.45. The number of fused-ring (bicyclic) bond motifs is 4. The summed E-state index contributed by atoms with van der Waals surface area (Å²) in [5.41, 5.74) is 0.377. The van der Waals surface area contributed by atoms with Crippen LogP contribution in [0.3, 0.4) is 0 Å². The second kappa shape index (κ2) is 19.7. The van der Waals surface area contributed by atoms with Crippen LogP contribution in [0.25, 0.3) is 22.3 Å². The molecule has 0 bridgehead atoms. The molecule has 4 aromatic rings. The highest BCUT2D eigenvalue weighted by atomic mass is 32.2. The average molecular weight is 971 g/mol. The van der Waals surface area contributed by atoms with Gasteiger partial charge in [-0.3, -0.25) is 9.59 Å². The van der Waals surface area contributed by atoms with E-state index in [1.165, 1.54) is 20.5 Å². The molecule has 17 nitrogen and oxygen atoms in total. The lowest BCUT2D eigenvalue weighted by Gasteiger charge is -2.37. The first-order chi connectivity index (χ1) is 32.4. The molecule has 1 saturated carbocycles. The van der Waals surface area contributed by atoms with E-state index in [1.807, 2.05) is 70.3 Å². The topological polar surface area (TPSA) is 221 Å². The number of carbonyl (C=O) groups is 4. The molecule has 1 aliphatic carbocycles. The van der Waals surface area contributed by atoms with Crippen LogP contribution < -0.4 is 30.7 Å². The molecule has 2 aromatic carbocycles. The molecule has 8 rings (SSSR count). The largest absolute Gasteiger partial charge is 0.497 e. The Labute approximate surface area is 401 Å². The average Bonchev–Trinajstić information content (AvgIpc) is 3.55. The molecule has 5 N–H and O–H groups in total. The predicted molar refractivity (Wildman–Crippen MR) is 259 cm³/mol. The van der Waals surface area contributed by atoms with Gasteiger partial charge in [0.05, 0.1) is 29.8 Å². The number of aliphatic carboxylic acids is 1. The van der Waals surface area contributed by atoms with Gasteiger partial charge in [0.2, 0.25) is 21.8 Å². The monoisotopic (exact) mass is 970 g/mol. The maximum Gasteiger partial charge on any atom is 0.330 e. The van der Waals surface area contributed by atoms with Crippen LogP contribution in [0, 0.1) is 11.3 Å². The lowest BCUT2D eigenvalue weighted by Crippen LogP contribution is -2.59. The highest BCUT2D eigenvalue weighted by Gasteiger charge is 2.61. The van der Waals surface area contributed by atoms with Gasteiger partial charge >= 0.3 is 12.0 Å². The third-order valence-electron chi connectivity index (χ3n) is 13.3. The number of benzene rings is 2. The first-order valence-corrected chi connectivity index (χ1v) is 25.7. The van der Waals surface area contributed by atoms with E-state index in [1.54, 1.807) is 37.4 Å². The molecule has 3 aliphatic heterocycles. The zero-order chi connectivity index (χ0) is 48.5. The van der Waals surface area contributed by atoms with Crippen LogP contribution in [-0.4, -0.2) is 119 Å². The molecule has 1 unspecified atom stereocenters. The minimum atomic E-state index is -3.83. The summed E-state index contributed by atoms with van der Waals surface area (Å²) in [6, 6.07) is 10.8. The second-order valence-electron chi connectivity index (χ2n) is 19.7. The predicted octanol–water partition coefficient (Wildman–Crippen LogP) is 6.34. The number of sulfonamides is 1. The Morgan fingerprint density at radius 1 is 1.06 bits per heavy atom. The fourth-order valence-electron chi connectivity index (χ4n) is 9.32. The van der Waals surface area contributed by atoms with E-state index in [0.29, 0.717) is 53.1 Å². The van der Waals surface area contributed by atoms with Crippen molar-refractivity contribution < 1.29 is 42.2 Å². The molecule has 1 saturated heterocycles. The van der Waals surface area contributed by atoms with Crippen molar-refractivity contribution in [2.75, 3.05) is 32.1 Å². The molecule has 5 heterocycles. The molecule has 0 radical (unpaired) electrons. The number of thiazole rings is 1. The van der Waals surface area contributed by atoms with Crippen molar-refractivity contribution in [1.82, 2.24) is 35.1 Å². The maximum atomic E-state index is 15.0. The number of anilines is 1. The molecule has 4 amide bonds. The molecule has 2 fully saturated rings. The SMILES string of the molecule is COc1ccc2c(O[C@@H]3C[C@H]4C(=O)N[C@]5(C(=O)O)CC5/C=C\CCCCC[C@@H](NC(=O)N[C@H](CN5CCc6ccccc6S5(=O)=O)C(C)(C)C)C(=O)N4C3)cc(-c3csc(NC(C)C)n3)nc2c1. The van der Waals surface area contributed by atoms with Gasteiger partial charge < -0.3 is 40.7 Å². The van der Waals surface area contributed by atoms with Crippen LogP contribution in [0.15, 0.2) is 71.0 Å². The Bertz CT molecular complexity index is 2700. The molecular weight excluding hydrogens is 909 g/mol. The van der Waals surface area contributed by atoms with E-state index in [2.05, 4.69) is 21.3 Å². The van der Waals surface area contributed by atoms with E-state index < -0.39 is 74.9 Å². The summed E-state index contributed by atoms with van der Waals surface area (Å²) in [6.07, 6.45) is 6.87.